The third kappa shape index (κ3) is 2.61. The van der Waals surface area contributed by atoms with Crippen LogP contribution >= 0.6 is 11.7 Å². The number of amides is 1. The number of aliphatic hydroxyl groups is 1. The lowest BCUT2D eigenvalue weighted by Gasteiger charge is -2.43. The van der Waals surface area contributed by atoms with Crippen LogP contribution in [0, 0.1) is 18.3 Å². The molecule has 1 aromatic rings. The summed E-state index contributed by atoms with van der Waals surface area (Å²) in [6, 6.07) is 0. The van der Waals surface area contributed by atoms with Gasteiger partial charge in [-0.15, -0.1) is 0 Å². The van der Waals surface area contributed by atoms with E-state index in [9.17, 15) is 19.8 Å². The Morgan fingerprint density at radius 2 is 2.09 bits per heavy atom. The number of carboxylic acid groups (broad SMARTS) is 1. The number of hydrogen-bond donors (Lipinski definition) is 2. The van der Waals surface area contributed by atoms with Crippen molar-refractivity contribution < 1.29 is 19.8 Å². The lowest BCUT2D eigenvalue weighted by atomic mass is 9.73. The molecule has 0 bridgehead atoms. The zero-order valence-corrected chi connectivity index (χ0v) is 13.2. The summed E-state index contributed by atoms with van der Waals surface area (Å²) < 4.78 is 8.00. The van der Waals surface area contributed by atoms with Gasteiger partial charge in [0.2, 0.25) is 0 Å². The molecule has 1 aliphatic carbocycles. The molecule has 2 atom stereocenters. The molecule has 2 fully saturated rings. The summed E-state index contributed by atoms with van der Waals surface area (Å²) >= 11 is 0.973. The first-order valence-corrected chi connectivity index (χ1v) is 8.17. The van der Waals surface area contributed by atoms with E-state index in [2.05, 4.69) is 8.75 Å². The quantitative estimate of drug-likeness (QED) is 0.853. The maximum absolute atomic E-state index is 12.6. The Morgan fingerprint density at radius 1 is 1.36 bits per heavy atom. The van der Waals surface area contributed by atoms with Gasteiger partial charge in [0.25, 0.3) is 5.91 Å². The molecule has 3 rings (SSSR count). The molecule has 2 heterocycles. The van der Waals surface area contributed by atoms with Gasteiger partial charge in [0.15, 0.2) is 5.69 Å². The number of aromatic nitrogens is 2. The molecule has 120 valence electrons. The normalized spacial score (nSPS) is 28.6. The zero-order valence-electron chi connectivity index (χ0n) is 12.4. The first-order valence-electron chi connectivity index (χ1n) is 7.44. The van der Waals surface area contributed by atoms with Gasteiger partial charge in [-0.25, -0.2) is 0 Å². The van der Waals surface area contributed by atoms with Crippen molar-refractivity contribution in [3.8, 4) is 0 Å². The molecule has 1 saturated carbocycles. The molecular weight excluding hydrogens is 306 g/mol. The highest BCUT2D eigenvalue weighted by Gasteiger charge is 2.52. The first kappa shape index (κ1) is 15.4. The van der Waals surface area contributed by atoms with E-state index < -0.39 is 17.5 Å². The lowest BCUT2D eigenvalue weighted by molar-refractivity contribution is -0.163. The number of aliphatic carboxylic acids is 1. The van der Waals surface area contributed by atoms with Gasteiger partial charge < -0.3 is 15.1 Å². The fourth-order valence-electron chi connectivity index (χ4n) is 3.16. The van der Waals surface area contributed by atoms with Crippen LogP contribution in [0.3, 0.4) is 0 Å². The van der Waals surface area contributed by atoms with Gasteiger partial charge in [-0.1, -0.05) is 12.8 Å². The predicted octanol–water partition coefficient (Wildman–Crippen LogP) is 0.924. The molecule has 7 nitrogen and oxygen atoms in total. The minimum atomic E-state index is -1.26. The first-order chi connectivity index (χ1) is 10.4. The van der Waals surface area contributed by atoms with E-state index in [1.807, 2.05) is 0 Å². The summed E-state index contributed by atoms with van der Waals surface area (Å²) in [5.74, 6) is -0.958. The van der Waals surface area contributed by atoms with Crippen molar-refractivity contribution in [2.75, 3.05) is 13.1 Å². The Bertz CT molecular complexity index is 601. The van der Waals surface area contributed by atoms with Crippen LogP contribution in [0.1, 0.15) is 41.9 Å². The van der Waals surface area contributed by atoms with Crippen molar-refractivity contribution in [1.29, 1.82) is 0 Å². The van der Waals surface area contributed by atoms with Gasteiger partial charge in [0, 0.05) is 13.1 Å². The fourth-order valence-corrected chi connectivity index (χ4v) is 3.70. The molecule has 1 saturated heterocycles. The van der Waals surface area contributed by atoms with Crippen LogP contribution in [-0.2, 0) is 4.79 Å². The minimum Gasteiger partial charge on any atom is -0.481 e. The van der Waals surface area contributed by atoms with Gasteiger partial charge in [-0.2, -0.15) is 8.75 Å². The largest absolute Gasteiger partial charge is 0.481 e. The van der Waals surface area contributed by atoms with E-state index in [-0.39, 0.29) is 24.6 Å². The van der Waals surface area contributed by atoms with E-state index in [4.69, 9.17) is 0 Å². The SMILES string of the molecule is Cc1nsnc1C(=O)N1CC[C@H](O)[C@](CC2CC2)(C(=O)O)C1. The molecule has 0 aromatic carbocycles. The number of carboxylic acids is 1. The van der Waals surface area contributed by atoms with E-state index in [1.165, 1.54) is 4.90 Å². The van der Waals surface area contributed by atoms with Crippen molar-refractivity contribution in [3.05, 3.63) is 11.4 Å². The third-order valence-electron chi connectivity index (χ3n) is 4.70. The summed E-state index contributed by atoms with van der Waals surface area (Å²) in [6.07, 6.45) is 1.81. The van der Waals surface area contributed by atoms with Gasteiger partial charge in [0.1, 0.15) is 5.41 Å². The number of rotatable bonds is 4. The van der Waals surface area contributed by atoms with Crippen LogP contribution in [0.2, 0.25) is 0 Å². The number of hydrogen-bond acceptors (Lipinski definition) is 6. The Hall–Kier alpha value is -1.54. The standard InChI is InChI=1S/C14H19N3O4S/c1-8-11(16-22-15-8)12(19)17-5-4-10(18)14(7-17,13(20)21)6-9-2-3-9/h9-10,18H,2-7H2,1H3,(H,20,21)/t10-,14+/m0/s1. The molecule has 2 N–H and O–H groups in total. The molecule has 1 aliphatic heterocycles. The fraction of sp³-hybridized carbons (Fsp3) is 0.714. The number of carbonyl (C=O) groups excluding carboxylic acids is 1. The van der Waals surface area contributed by atoms with Crippen LogP contribution in [0.5, 0.6) is 0 Å². The Balaban J connectivity index is 1.84. The number of nitrogens with zero attached hydrogens (tertiary/aromatic N) is 3. The summed E-state index contributed by atoms with van der Waals surface area (Å²) in [5, 5.41) is 20.0. The maximum atomic E-state index is 12.6. The second-order valence-electron chi connectivity index (χ2n) is 6.34. The minimum absolute atomic E-state index is 0.0375. The topological polar surface area (TPSA) is 104 Å². The van der Waals surface area contributed by atoms with Crippen molar-refractivity contribution in [2.45, 2.75) is 38.7 Å². The van der Waals surface area contributed by atoms with Crippen molar-refractivity contribution in [3.63, 3.8) is 0 Å². The molecule has 8 heteroatoms. The molecule has 1 amide bonds. The monoisotopic (exact) mass is 325 g/mol. The summed E-state index contributed by atoms with van der Waals surface area (Å²) in [4.78, 5) is 25.9. The van der Waals surface area contributed by atoms with E-state index >= 15 is 0 Å². The van der Waals surface area contributed by atoms with Crippen molar-refractivity contribution in [2.24, 2.45) is 11.3 Å². The molecule has 0 spiro atoms. The van der Waals surface area contributed by atoms with Crippen LogP contribution in [0.25, 0.3) is 0 Å². The highest BCUT2D eigenvalue weighted by atomic mass is 32.1. The highest BCUT2D eigenvalue weighted by Crippen LogP contribution is 2.45. The summed E-state index contributed by atoms with van der Waals surface area (Å²) in [5.41, 5.74) is -0.414. The average molecular weight is 325 g/mol. The second-order valence-corrected chi connectivity index (χ2v) is 6.87. The van der Waals surface area contributed by atoms with E-state index in [0.29, 0.717) is 24.6 Å². The summed E-state index contributed by atoms with van der Waals surface area (Å²) in [7, 11) is 0. The van der Waals surface area contributed by atoms with Crippen LogP contribution in [0.4, 0.5) is 0 Å². The molecule has 2 aliphatic rings. The van der Waals surface area contributed by atoms with Crippen molar-refractivity contribution >= 4 is 23.6 Å². The Labute approximate surface area is 132 Å². The molecule has 0 unspecified atom stereocenters. The van der Waals surface area contributed by atoms with E-state index in [0.717, 1.165) is 24.6 Å². The highest BCUT2D eigenvalue weighted by molar-refractivity contribution is 6.99. The maximum Gasteiger partial charge on any atom is 0.314 e. The van der Waals surface area contributed by atoms with Crippen molar-refractivity contribution in [1.82, 2.24) is 13.6 Å². The van der Waals surface area contributed by atoms with Crippen LogP contribution in [0.15, 0.2) is 0 Å². The van der Waals surface area contributed by atoms with Gasteiger partial charge >= 0.3 is 5.97 Å². The van der Waals surface area contributed by atoms with Gasteiger partial charge in [-0.3, -0.25) is 9.59 Å². The summed E-state index contributed by atoms with van der Waals surface area (Å²) in [6.45, 7) is 2.09. The van der Waals surface area contributed by atoms with Crippen LogP contribution in [-0.4, -0.2) is 54.9 Å². The Kier molecular flexibility index (Phi) is 3.90. The zero-order chi connectivity index (χ0) is 15.9. The number of aryl methyl sites for hydroxylation is 1. The predicted molar refractivity (Wildman–Crippen MR) is 78.6 cm³/mol. The number of piperidine rings is 1. The Morgan fingerprint density at radius 3 is 2.64 bits per heavy atom. The molecule has 22 heavy (non-hydrogen) atoms. The lowest BCUT2D eigenvalue weighted by Crippen LogP contribution is -2.57. The van der Waals surface area contributed by atoms with Crippen LogP contribution < -0.4 is 0 Å². The third-order valence-corrected chi connectivity index (χ3v) is 5.32. The smallest absolute Gasteiger partial charge is 0.314 e. The second kappa shape index (κ2) is 5.58. The number of aliphatic hydroxyl groups excluding tert-OH is 1. The van der Waals surface area contributed by atoms with Gasteiger partial charge in [-0.05, 0) is 25.7 Å². The molecule has 1 aromatic heterocycles. The van der Waals surface area contributed by atoms with Gasteiger partial charge in [0.05, 0.1) is 23.5 Å². The average Bonchev–Trinajstić information content (AvgIpc) is 3.19. The number of carbonyl (C=O) groups is 2. The number of likely N-dealkylation sites (tertiary alicyclic amines) is 1. The van der Waals surface area contributed by atoms with E-state index in [1.54, 1.807) is 6.92 Å². The molecule has 0 radical (unpaired) electrons. The molecular formula is C14H19N3O4S.